The molecular formula is C21H13ClN4O5. The van der Waals surface area contributed by atoms with Crippen LogP contribution in [0.2, 0.25) is 5.02 Å². The van der Waals surface area contributed by atoms with Crippen molar-refractivity contribution in [1.82, 2.24) is 10.4 Å². The van der Waals surface area contributed by atoms with Gasteiger partial charge in [0.1, 0.15) is 17.5 Å². The Balaban J connectivity index is 1.54. The zero-order chi connectivity index (χ0) is 22.0. The van der Waals surface area contributed by atoms with Crippen LogP contribution in [0, 0.1) is 10.1 Å². The molecule has 10 heteroatoms. The predicted octanol–water partition coefficient (Wildman–Crippen LogP) is 3.90. The minimum Gasteiger partial charge on any atom is -0.437 e. The number of pyridine rings is 1. The van der Waals surface area contributed by atoms with E-state index in [1.807, 2.05) is 0 Å². The quantitative estimate of drug-likeness (QED) is 0.281. The topological polar surface area (TPSA) is 115 Å². The summed E-state index contributed by atoms with van der Waals surface area (Å²) >= 11 is 6.26. The summed E-state index contributed by atoms with van der Waals surface area (Å²) in [5.41, 5.74) is 3.38. The van der Waals surface area contributed by atoms with Crippen molar-refractivity contribution in [2.45, 2.75) is 0 Å². The van der Waals surface area contributed by atoms with E-state index in [1.165, 1.54) is 29.3 Å². The standard InChI is InChI=1S/C21H13ClN4O5/c22-17-11-13(6-8-18(17)31-19-9-7-15(12-23-19)26(29)30)10-16-20(27)24-25(21(16)28)14-4-2-1-3-5-14/h1-12H,(H,24,27)/b16-10-. The molecule has 0 atom stereocenters. The minimum atomic E-state index is -0.564. The first kappa shape index (κ1) is 20.0. The van der Waals surface area contributed by atoms with E-state index in [1.54, 1.807) is 42.5 Å². The molecule has 2 amide bonds. The van der Waals surface area contributed by atoms with Gasteiger partial charge < -0.3 is 4.74 Å². The number of carbonyl (C=O) groups excluding carboxylic acids is 2. The highest BCUT2D eigenvalue weighted by Gasteiger charge is 2.34. The predicted molar refractivity (Wildman–Crippen MR) is 112 cm³/mol. The van der Waals surface area contributed by atoms with Gasteiger partial charge in [-0.3, -0.25) is 25.1 Å². The number of rotatable bonds is 5. The van der Waals surface area contributed by atoms with Crippen LogP contribution >= 0.6 is 11.6 Å². The van der Waals surface area contributed by atoms with E-state index in [0.29, 0.717) is 11.3 Å². The maximum atomic E-state index is 12.6. The molecule has 1 aromatic heterocycles. The smallest absolute Gasteiger partial charge is 0.287 e. The van der Waals surface area contributed by atoms with Crippen molar-refractivity contribution in [1.29, 1.82) is 0 Å². The van der Waals surface area contributed by atoms with Crippen molar-refractivity contribution in [3.8, 4) is 11.6 Å². The zero-order valence-electron chi connectivity index (χ0n) is 15.7. The SMILES string of the molecule is O=C1NN(c2ccccc2)C(=O)/C1=C\c1ccc(Oc2ccc([N+](=O)[O-])cn2)c(Cl)c1. The number of hydrogen-bond donors (Lipinski definition) is 1. The number of carbonyl (C=O) groups is 2. The number of amides is 2. The molecule has 1 aliphatic heterocycles. The fraction of sp³-hybridized carbons (Fsp3) is 0. The number of anilines is 1. The third kappa shape index (κ3) is 4.21. The molecule has 31 heavy (non-hydrogen) atoms. The lowest BCUT2D eigenvalue weighted by Crippen LogP contribution is -2.35. The molecule has 2 aromatic carbocycles. The van der Waals surface area contributed by atoms with E-state index in [2.05, 4.69) is 10.4 Å². The van der Waals surface area contributed by atoms with Crippen molar-refractivity contribution in [2.24, 2.45) is 0 Å². The number of halogens is 1. The van der Waals surface area contributed by atoms with Crippen molar-refractivity contribution in [2.75, 3.05) is 5.01 Å². The maximum absolute atomic E-state index is 12.6. The Morgan fingerprint density at radius 3 is 2.52 bits per heavy atom. The number of nitrogens with zero attached hydrogens (tertiary/aromatic N) is 3. The fourth-order valence-corrected chi connectivity index (χ4v) is 3.05. The molecule has 154 valence electrons. The molecule has 0 bridgehead atoms. The molecule has 0 radical (unpaired) electrons. The number of nitrogens with one attached hydrogen (secondary N) is 1. The first-order chi connectivity index (χ1) is 14.9. The van der Waals surface area contributed by atoms with Crippen LogP contribution in [-0.2, 0) is 9.59 Å². The summed E-state index contributed by atoms with van der Waals surface area (Å²) in [4.78, 5) is 38.9. The highest BCUT2D eigenvalue weighted by Crippen LogP contribution is 2.31. The van der Waals surface area contributed by atoms with Gasteiger partial charge in [-0.2, -0.15) is 0 Å². The molecule has 0 saturated carbocycles. The van der Waals surface area contributed by atoms with Gasteiger partial charge in [0.25, 0.3) is 17.5 Å². The van der Waals surface area contributed by atoms with Gasteiger partial charge in [-0.15, -0.1) is 0 Å². The van der Waals surface area contributed by atoms with Crippen molar-refractivity contribution < 1.29 is 19.2 Å². The Morgan fingerprint density at radius 2 is 1.87 bits per heavy atom. The molecular weight excluding hydrogens is 424 g/mol. The van der Waals surface area contributed by atoms with Crippen LogP contribution in [0.3, 0.4) is 0 Å². The van der Waals surface area contributed by atoms with E-state index >= 15 is 0 Å². The average molecular weight is 437 g/mol. The molecule has 4 rings (SSSR count). The van der Waals surface area contributed by atoms with Crippen molar-refractivity contribution in [3.05, 3.63) is 93.1 Å². The number of hydrogen-bond acceptors (Lipinski definition) is 6. The second-order valence-electron chi connectivity index (χ2n) is 6.38. The molecule has 2 heterocycles. The molecule has 1 aliphatic rings. The lowest BCUT2D eigenvalue weighted by Gasteiger charge is -2.13. The van der Waals surface area contributed by atoms with Crippen LogP contribution in [0.5, 0.6) is 11.6 Å². The Morgan fingerprint density at radius 1 is 1.10 bits per heavy atom. The third-order valence-corrected chi connectivity index (χ3v) is 4.61. The largest absolute Gasteiger partial charge is 0.437 e. The molecule has 1 saturated heterocycles. The van der Waals surface area contributed by atoms with Gasteiger partial charge >= 0.3 is 0 Å². The van der Waals surface area contributed by atoms with E-state index in [9.17, 15) is 19.7 Å². The molecule has 0 unspecified atom stereocenters. The van der Waals surface area contributed by atoms with Gasteiger partial charge in [0.15, 0.2) is 0 Å². The van der Waals surface area contributed by atoms with Crippen LogP contribution in [0.4, 0.5) is 11.4 Å². The molecule has 1 fully saturated rings. The highest BCUT2D eigenvalue weighted by molar-refractivity contribution is 6.33. The van der Waals surface area contributed by atoms with Crippen LogP contribution in [0.15, 0.2) is 72.4 Å². The maximum Gasteiger partial charge on any atom is 0.287 e. The summed E-state index contributed by atoms with van der Waals surface area (Å²) in [5.74, 6) is -0.621. The second kappa shape index (κ2) is 8.25. The average Bonchev–Trinajstić information content (AvgIpc) is 3.05. The number of aromatic nitrogens is 1. The normalized spacial score (nSPS) is 14.6. The molecule has 0 aliphatic carbocycles. The third-order valence-electron chi connectivity index (χ3n) is 4.32. The van der Waals surface area contributed by atoms with Crippen LogP contribution in [-0.4, -0.2) is 21.7 Å². The number of ether oxygens (including phenoxy) is 1. The lowest BCUT2D eigenvalue weighted by atomic mass is 10.1. The van der Waals surface area contributed by atoms with Gasteiger partial charge in [-0.25, -0.2) is 9.99 Å². The van der Waals surface area contributed by atoms with E-state index in [4.69, 9.17) is 16.3 Å². The number of para-hydroxylation sites is 1. The van der Waals surface area contributed by atoms with Crippen LogP contribution in [0.1, 0.15) is 5.56 Å². The number of hydrazine groups is 1. The Labute approximate surface area is 180 Å². The Kier molecular flexibility index (Phi) is 5.33. The Hall–Kier alpha value is -4.24. The monoisotopic (exact) mass is 436 g/mol. The number of benzene rings is 2. The van der Waals surface area contributed by atoms with E-state index in [0.717, 1.165) is 6.20 Å². The number of nitro groups is 1. The summed E-state index contributed by atoms with van der Waals surface area (Å²) in [5, 5.41) is 12.1. The first-order valence-electron chi connectivity index (χ1n) is 8.92. The Bertz CT molecular complexity index is 1210. The van der Waals surface area contributed by atoms with Crippen LogP contribution in [0.25, 0.3) is 6.08 Å². The van der Waals surface area contributed by atoms with E-state index in [-0.39, 0.29) is 27.9 Å². The summed E-state index contributed by atoms with van der Waals surface area (Å²) < 4.78 is 5.55. The highest BCUT2D eigenvalue weighted by atomic mass is 35.5. The van der Waals surface area contributed by atoms with Gasteiger partial charge in [-0.1, -0.05) is 35.9 Å². The molecule has 1 N–H and O–H groups in total. The molecule has 9 nitrogen and oxygen atoms in total. The van der Waals surface area contributed by atoms with Crippen molar-refractivity contribution >= 4 is 40.9 Å². The summed E-state index contributed by atoms with van der Waals surface area (Å²) in [6.07, 6.45) is 2.51. The van der Waals surface area contributed by atoms with Crippen LogP contribution < -0.4 is 15.2 Å². The lowest BCUT2D eigenvalue weighted by molar-refractivity contribution is -0.385. The summed E-state index contributed by atoms with van der Waals surface area (Å²) in [6, 6.07) is 16.0. The minimum absolute atomic E-state index is 0.0365. The second-order valence-corrected chi connectivity index (χ2v) is 6.79. The van der Waals surface area contributed by atoms with Gasteiger partial charge in [0.05, 0.1) is 15.6 Å². The van der Waals surface area contributed by atoms with Crippen molar-refractivity contribution in [3.63, 3.8) is 0 Å². The van der Waals surface area contributed by atoms with Gasteiger partial charge in [-0.05, 0) is 35.9 Å². The summed E-state index contributed by atoms with van der Waals surface area (Å²) in [7, 11) is 0. The van der Waals surface area contributed by atoms with E-state index < -0.39 is 16.7 Å². The zero-order valence-corrected chi connectivity index (χ0v) is 16.4. The van der Waals surface area contributed by atoms with Gasteiger partial charge in [0, 0.05) is 12.1 Å². The van der Waals surface area contributed by atoms with Gasteiger partial charge in [0.2, 0.25) is 5.88 Å². The molecule has 3 aromatic rings. The molecule has 0 spiro atoms. The fourth-order valence-electron chi connectivity index (χ4n) is 2.83. The summed E-state index contributed by atoms with van der Waals surface area (Å²) in [6.45, 7) is 0. The first-order valence-corrected chi connectivity index (χ1v) is 9.30.